The van der Waals surface area contributed by atoms with Gasteiger partial charge in [-0.1, -0.05) is 6.92 Å². The Morgan fingerprint density at radius 1 is 1.14 bits per heavy atom. The molecule has 1 N–H and O–H groups in total. The van der Waals surface area contributed by atoms with E-state index in [0.717, 1.165) is 32.5 Å². The minimum atomic E-state index is -0.0515. The Balaban J connectivity index is 2.14. The molecule has 1 unspecified atom stereocenters. The summed E-state index contributed by atoms with van der Waals surface area (Å²) in [5.74, 6) is 0.00353. The van der Waals surface area contributed by atoms with Crippen molar-refractivity contribution in [1.82, 2.24) is 15.1 Å². The summed E-state index contributed by atoms with van der Waals surface area (Å²) < 4.78 is 0. The minimum absolute atomic E-state index is 0.0515. The molecule has 0 radical (unpaired) electrons. The summed E-state index contributed by atoms with van der Waals surface area (Å²) in [7, 11) is 3.44. The van der Waals surface area contributed by atoms with E-state index in [1.807, 2.05) is 4.90 Å². The lowest BCUT2D eigenvalue weighted by atomic mass is 10.1. The van der Waals surface area contributed by atoms with Crippen LogP contribution >= 0.6 is 0 Å². The largest absolute Gasteiger partial charge is 0.345 e. The van der Waals surface area contributed by atoms with Gasteiger partial charge in [0, 0.05) is 44.4 Å². The van der Waals surface area contributed by atoms with Crippen LogP contribution in [0, 0.1) is 0 Å². The van der Waals surface area contributed by atoms with Crippen molar-refractivity contribution in [3.8, 4) is 0 Å². The van der Waals surface area contributed by atoms with Crippen LogP contribution in [0.5, 0.6) is 0 Å². The van der Waals surface area contributed by atoms with Gasteiger partial charge in [0.05, 0.1) is 0 Å². The van der Waals surface area contributed by atoms with Crippen LogP contribution in [-0.4, -0.2) is 61.4 Å². The molecular formula is C17H25N3O2. The van der Waals surface area contributed by atoms with Gasteiger partial charge in [-0.2, -0.15) is 0 Å². The Labute approximate surface area is 132 Å². The van der Waals surface area contributed by atoms with E-state index < -0.39 is 0 Å². The maximum absolute atomic E-state index is 12.7. The first kappa shape index (κ1) is 16.5. The zero-order chi connectivity index (χ0) is 16.1. The predicted octanol–water partition coefficient (Wildman–Crippen LogP) is 1.60. The van der Waals surface area contributed by atoms with Crippen molar-refractivity contribution in [2.45, 2.75) is 25.8 Å². The van der Waals surface area contributed by atoms with Crippen LogP contribution in [0.1, 0.15) is 40.5 Å². The summed E-state index contributed by atoms with van der Waals surface area (Å²) in [6.45, 7) is 4.68. The van der Waals surface area contributed by atoms with Crippen LogP contribution in [0.3, 0.4) is 0 Å². The molecule has 0 spiro atoms. The first-order valence-corrected chi connectivity index (χ1v) is 7.88. The summed E-state index contributed by atoms with van der Waals surface area (Å²) >= 11 is 0. The molecule has 1 aromatic carbocycles. The molecule has 1 heterocycles. The summed E-state index contributed by atoms with van der Waals surface area (Å²) in [5.41, 5.74) is 1.25. The minimum Gasteiger partial charge on any atom is -0.345 e. The maximum Gasteiger partial charge on any atom is 0.254 e. The van der Waals surface area contributed by atoms with E-state index in [1.54, 1.807) is 38.4 Å². The van der Waals surface area contributed by atoms with E-state index in [-0.39, 0.29) is 17.9 Å². The fourth-order valence-corrected chi connectivity index (χ4v) is 2.78. The van der Waals surface area contributed by atoms with Crippen LogP contribution in [0.4, 0.5) is 0 Å². The number of rotatable bonds is 5. The molecule has 0 aromatic heterocycles. The lowest BCUT2D eigenvalue weighted by Gasteiger charge is -2.28. The second-order valence-corrected chi connectivity index (χ2v) is 5.92. The molecule has 0 bridgehead atoms. The SMILES string of the molecule is CCCN(C(=O)c1ccc(C(=O)N(C)C)cc1)C1CCNC1. The zero-order valence-corrected chi connectivity index (χ0v) is 13.6. The molecule has 0 aliphatic carbocycles. The number of nitrogens with one attached hydrogen (secondary N) is 1. The molecule has 2 rings (SSSR count). The van der Waals surface area contributed by atoms with Gasteiger partial charge in [0.1, 0.15) is 0 Å². The average molecular weight is 303 g/mol. The number of carbonyl (C=O) groups is 2. The normalized spacial score (nSPS) is 17.3. The van der Waals surface area contributed by atoms with E-state index in [0.29, 0.717) is 11.1 Å². The molecule has 5 nitrogen and oxygen atoms in total. The quantitative estimate of drug-likeness (QED) is 0.899. The van der Waals surface area contributed by atoms with Crippen LogP contribution in [0.2, 0.25) is 0 Å². The highest BCUT2D eigenvalue weighted by atomic mass is 16.2. The predicted molar refractivity (Wildman–Crippen MR) is 87.1 cm³/mol. The van der Waals surface area contributed by atoms with Crippen LogP contribution in [0.25, 0.3) is 0 Å². The molecule has 1 atom stereocenters. The first-order chi connectivity index (χ1) is 10.5. The fraction of sp³-hybridized carbons (Fsp3) is 0.529. The van der Waals surface area contributed by atoms with Gasteiger partial charge in [0.25, 0.3) is 11.8 Å². The Morgan fingerprint density at radius 2 is 1.73 bits per heavy atom. The van der Waals surface area contributed by atoms with Crippen molar-refractivity contribution in [1.29, 1.82) is 0 Å². The molecule has 1 aliphatic rings. The standard InChI is InChI=1S/C17H25N3O2/c1-4-11-20(15-9-10-18-12-15)17(22)14-7-5-13(6-8-14)16(21)19(2)3/h5-8,15,18H,4,9-12H2,1-3H3. The molecule has 1 fully saturated rings. The Morgan fingerprint density at radius 3 is 2.18 bits per heavy atom. The third-order valence-electron chi connectivity index (χ3n) is 3.99. The van der Waals surface area contributed by atoms with E-state index >= 15 is 0 Å². The molecule has 22 heavy (non-hydrogen) atoms. The molecule has 2 amide bonds. The third kappa shape index (κ3) is 3.65. The number of nitrogens with zero attached hydrogens (tertiary/aromatic N) is 2. The third-order valence-corrected chi connectivity index (χ3v) is 3.99. The van der Waals surface area contributed by atoms with Crippen molar-refractivity contribution in [3.05, 3.63) is 35.4 Å². The van der Waals surface area contributed by atoms with Crippen molar-refractivity contribution in [3.63, 3.8) is 0 Å². The van der Waals surface area contributed by atoms with E-state index in [4.69, 9.17) is 0 Å². The van der Waals surface area contributed by atoms with Gasteiger partial charge in [0.2, 0.25) is 0 Å². The molecule has 1 saturated heterocycles. The first-order valence-electron chi connectivity index (χ1n) is 7.88. The van der Waals surface area contributed by atoms with Gasteiger partial charge in [-0.15, -0.1) is 0 Å². The van der Waals surface area contributed by atoms with Crippen LogP contribution in [-0.2, 0) is 0 Å². The van der Waals surface area contributed by atoms with Gasteiger partial charge in [-0.25, -0.2) is 0 Å². The highest BCUT2D eigenvalue weighted by molar-refractivity contribution is 5.97. The average Bonchev–Trinajstić information content (AvgIpc) is 3.05. The maximum atomic E-state index is 12.7. The summed E-state index contributed by atoms with van der Waals surface area (Å²) in [6.07, 6.45) is 1.95. The van der Waals surface area contributed by atoms with Gasteiger partial charge in [-0.3, -0.25) is 9.59 Å². The zero-order valence-electron chi connectivity index (χ0n) is 13.6. The molecule has 1 aromatic rings. The van der Waals surface area contributed by atoms with Crippen molar-refractivity contribution >= 4 is 11.8 Å². The number of benzene rings is 1. The number of hydrogen-bond donors (Lipinski definition) is 1. The molecule has 1 aliphatic heterocycles. The van der Waals surface area contributed by atoms with Crippen molar-refractivity contribution in [2.24, 2.45) is 0 Å². The van der Waals surface area contributed by atoms with Gasteiger partial charge >= 0.3 is 0 Å². The Hall–Kier alpha value is -1.88. The molecular weight excluding hydrogens is 278 g/mol. The van der Waals surface area contributed by atoms with E-state index in [1.165, 1.54) is 4.90 Å². The van der Waals surface area contributed by atoms with Crippen molar-refractivity contribution in [2.75, 3.05) is 33.7 Å². The fourth-order valence-electron chi connectivity index (χ4n) is 2.78. The van der Waals surface area contributed by atoms with Gasteiger partial charge < -0.3 is 15.1 Å². The summed E-state index contributed by atoms with van der Waals surface area (Å²) in [4.78, 5) is 28.1. The highest BCUT2D eigenvalue weighted by Crippen LogP contribution is 2.15. The van der Waals surface area contributed by atoms with Gasteiger partial charge in [0.15, 0.2) is 0 Å². The monoisotopic (exact) mass is 303 g/mol. The smallest absolute Gasteiger partial charge is 0.254 e. The molecule has 0 saturated carbocycles. The van der Waals surface area contributed by atoms with Gasteiger partial charge in [-0.05, 0) is 43.7 Å². The second kappa shape index (κ2) is 7.40. The van der Waals surface area contributed by atoms with E-state index in [2.05, 4.69) is 12.2 Å². The van der Waals surface area contributed by atoms with Crippen molar-refractivity contribution < 1.29 is 9.59 Å². The molecule has 5 heteroatoms. The second-order valence-electron chi connectivity index (χ2n) is 5.92. The van der Waals surface area contributed by atoms with Crippen LogP contribution in [0.15, 0.2) is 24.3 Å². The molecule has 120 valence electrons. The summed E-state index contributed by atoms with van der Waals surface area (Å²) in [6, 6.07) is 7.24. The number of carbonyl (C=O) groups excluding carboxylic acids is 2. The highest BCUT2D eigenvalue weighted by Gasteiger charge is 2.26. The summed E-state index contributed by atoms with van der Waals surface area (Å²) in [5, 5.41) is 3.31. The number of amides is 2. The van der Waals surface area contributed by atoms with Crippen LogP contribution < -0.4 is 5.32 Å². The Kier molecular flexibility index (Phi) is 5.55. The topological polar surface area (TPSA) is 52.7 Å². The van der Waals surface area contributed by atoms with E-state index in [9.17, 15) is 9.59 Å². The number of hydrogen-bond acceptors (Lipinski definition) is 3. The Bertz CT molecular complexity index is 519. The lowest BCUT2D eigenvalue weighted by Crippen LogP contribution is -2.42. The lowest BCUT2D eigenvalue weighted by molar-refractivity contribution is 0.0691.